The summed E-state index contributed by atoms with van der Waals surface area (Å²) in [5.41, 5.74) is -21.5. The predicted molar refractivity (Wildman–Crippen MR) is 234 cm³/mol. The first-order chi connectivity index (χ1) is 36.2. The molecule has 4 aromatic carbocycles. The maximum Gasteiger partial charge on any atom is 0.200 e. The van der Waals surface area contributed by atoms with Crippen LogP contribution in [0.15, 0.2) is 61.2 Å². The summed E-state index contributed by atoms with van der Waals surface area (Å²) < 4.78 is 286. The molecule has 0 fully saturated rings. The Morgan fingerprint density at radius 3 is 0.724 bits per heavy atom. The fourth-order valence-electron chi connectivity index (χ4n) is 8.79. The first-order valence-electron chi connectivity index (χ1n) is 21.2. The zero-order valence-corrected chi connectivity index (χ0v) is 36.6. The lowest BCUT2D eigenvalue weighted by molar-refractivity contribution is 0.381. The Labute approximate surface area is 408 Å². The van der Waals surface area contributed by atoms with Crippen LogP contribution in [0.3, 0.4) is 0 Å². The van der Waals surface area contributed by atoms with Gasteiger partial charge >= 0.3 is 0 Å². The zero-order chi connectivity index (χ0) is 54.1. The van der Waals surface area contributed by atoms with Gasteiger partial charge in [-0.3, -0.25) is 0 Å². The zero-order valence-electron chi connectivity index (χ0n) is 36.6. The van der Waals surface area contributed by atoms with Crippen LogP contribution in [0.2, 0.25) is 0 Å². The third-order valence-electron chi connectivity index (χ3n) is 12.1. The van der Waals surface area contributed by atoms with E-state index in [1.54, 1.807) is 0 Å². The Balaban J connectivity index is 1.38. The summed E-state index contributed by atoms with van der Waals surface area (Å²) >= 11 is 0. The minimum Gasteiger partial charge on any atom is -0.354 e. The molecule has 2 aliphatic heterocycles. The fourth-order valence-corrected chi connectivity index (χ4v) is 8.79. The average molecular weight is 1070 g/mol. The number of halogens is 18. The van der Waals surface area contributed by atoms with Crippen LogP contribution < -0.4 is 0 Å². The molecule has 382 valence electrons. The van der Waals surface area contributed by atoms with Gasteiger partial charge in [-0.1, -0.05) is 0 Å². The SMILES string of the molecule is Fc1c(F)c(F)c(-c2c3nc(c(-c4c(F)c(F)c(-n5cccn5)c(F)c4F)c4ccc([nH]4)c(-c4c(F)c(F)c(-n5cccn5)c(F)c4F)c4nc(c(-c5c(F)c(F)c(F)c(F)c5F)c5ccc2[nH]5)C=C4)C=C3)c(F)c1F. The summed E-state index contributed by atoms with van der Waals surface area (Å²) in [7, 11) is 0. The van der Waals surface area contributed by atoms with Crippen molar-refractivity contribution in [3.8, 4) is 55.9 Å². The van der Waals surface area contributed by atoms with Gasteiger partial charge in [0.1, 0.15) is 11.4 Å². The van der Waals surface area contributed by atoms with Crippen molar-refractivity contribution in [3.05, 3.63) is 189 Å². The second kappa shape index (κ2) is 17.7. The lowest BCUT2D eigenvalue weighted by atomic mass is 10.0. The summed E-state index contributed by atoms with van der Waals surface area (Å²) in [6, 6.07) is 5.17. The van der Waals surface area contributed by atoms with E-state index >= 15 is 70.2 Å². The number of nitrogens with zero attached hydrogens (tertiary/aromatic N) is 6. The van der Waals surface area contributed by atoms with Crippen molar-refractivity contribution in [2.75, 3.05) is 0 Å². The maximum atomic E-state index is 16.7. The van der Waals surface area contributed by atoms with Gasteiger partial charge in [-0.2, -0.15) is 10.2 Å². The van der Waals surface area contributed by atoms with Gasteiger partial charge in [-0.05, 0) is 60.7 Å². The summed E-state index contributed by atoms with van der Waals surface area (Å²) in [6.07, 6.45) is 6.56. The molecule has 0 saturated carbocycles. The first kappa shape index (κ1) is 48.9. The molecule has 0 unspecified atom stereocenters. The normalized spacial score (nSPS) is 12.2. The van der Waals surface area contributed by atoms with Gasteiger partial charge < -0.3 is 9.97 Å². The van der Waals surface area contributed by atoms with E-state index in [1.165, 1.54) is 0 Å². The lowest BCUT2D eigenvalue weighted by Crippen LogP contribution is -2.10. The molecule has 7 heterocycles. The van der Waals surface area contributed by atoms with Crippen LogP contribution in [0.25, 0.3) is 102 Å². The molecule has 8 bridgehead atoms. The van der Waals surface area contributed by atoms with E-state index in [1.807, 2.05) is 0 Å². The highest BCUT2D eigenvalue weighted by Gasteiger charge is 2.36. The Morgan fingerprint density at radius 1 is 0.276 bits per heavy atom. The van der Waals surface area contributed by atoms with E-state index in [-0.39, 0.29) is 0 Å². The van der Waals surface area contributed by atoms with Crippen molar-refractivity contribution in [2.24, 2.45) is 0 Å². The Morgan fingerprint density at radius 2 is 0.500 bits per heavy atom. The molecule has 8 nitrogen and oxygen atoms in total. The van der Waals surface area contributed by atoms with Crippen molar-refractivity contribution in [2.45, 2.75) is 0 Å². The van der Waals surface area contributed by atoms with Crippen LogP contribution in [0.4, 0.5) is 79.0 Å². The number of benzene rings is 4. The van der Waals surface area contributed by atoms with Crippen molar-refractivity contribution in [1.82, 2.24) is 39.5 Å². The minimum absolute atomic E-state index is 0.391. The molecule has 26 heteroatoms. The molecule has 0 aliphatic carbocycles. The first-order valence-corrected chi connectivity index (χ1v) is 21.2. The van der Waals surface area contributed by atoms with Crippen molar-refractivity contribution in [3.63, 3.8) is 0 Å². The fraction of sp³-hybridized carbons (Fsp3) is 0. The Bertz CT molecular complexity index is 3890. The molecule has 0 radical (unpaired) electrons. The van der Waals surface area contributed by atoms with Crippen molar-refractivity contribution >= 4 is 46.4 Å². The highest BCUT2D eigenvalue weighted by molar-refractivity contribution is 6.00. The largest absolute Gasteiger partial charge is 0.354 e. The van der Waals surface area contributed by atoms with Crippen LogP contribution in [0.1, 0.15) is 22.8 Å². The van der Waals surface area contributed by atoms with E-state index in [9.17, 15) is 8.78 Å². The second-order valence-electron chi connectivity index (χ2n) is 16.3. The van der Waals surface area contributed by atoms with Crippen LogP contribution >= 0.6 is 0 Å². The van der Waals surface area contributed by atoms with E-state index in [2.05, 4.69) is 30.1 Å². The summed E-state index contributed by atoms with van der Waals surface area (Å²) in [6.45, 7) is 0. The van der Waals surface area contributed by atoms with Gasteiger partial charge in [0.15, 0.2) is 93.1 Å². The molecule has 9 aromatic rings. The monoisotopic (exact) mass is 1070 g/mol. The molecular formula is C50H16F18N8. The summed E-state index contributed by atoms with van der Waals surface area (Å²) in [5, 5.41) is 7.16. The molecule has 0 amide bonds. The van der Waals surface area contributed by atoms with E-state index in [0.717, 1.165) is 61.2 Å². The number of H-pyrrole nitrogens is 2. The summed E-state index contributed by atoms with van der Waals surface area (Å²) in [5.74, 6) is -43.3. The molecule has 0 spiro atoms. The van der Waals surface area contributed by atoms with E-state index in [4.69, 9.17) is 0 Å². The lowest BCUT2D eigenvalue weighted by Gasteiger charge is -2.14. The predicted octanol–water partition coefficient (Wildman–Crippen LogP) is 14.2. The van der Waals surface area contributed by atoms with Gasteiger partial charge in [0.25, 0.3) is 0 Å². The molecular weight excluding hydrogens is 1050 g/mol. The number of aromatic amines is 2. The highest BCUT2D eigenvalue weighted by Crippen LogP contribution is 2.45. The quantitative estimate of drug-likeness (QED) is 0.0986. The molecule has 5 aromatic heterocycles. The molecule has 11 rings (SSSR count). The van der Waals surface area contributed by atoms with Gasteiger partial charge in [-0.15, -0.1) is 0 Å². The number of rotatable bonds is 6. The summed E-state index contributed by atoms with van der Waals surface area (Å²) in [4.78, 5) is 13.0. The number of hydrogen-bond donors (Lipinski definition) is 2. The maximum absolute atomic E-state index is 16.7. The Kier molecular flexibility index (Phi) is 11.4. The standard InChI is InChI=1S/C50H16F18N8/c51-31-27(32(52)40(60)43(63)39(31)59)23-15-3-4-16(71-15)24(28-33(53)41(61)44(64)42(62)34(28)54)18-6-8-20(73-18)26(30-37(57)47(67)50(48(68)38(30)58)76-14-2-12-70-76)22-10-9-21(74-22)25(19-7-5-17(23)72-19)29-35(55)45(65)49(46(66)36(29)56)75-13-1-11-69-75/h1-14,71,74H. The van der Waals surface area contributed by atoms with Gasteiger partial charge in [0.2, 0.25) is 11.6 Å². The second-order valence-corrected chi connectivity index (χ2v) is 16.3. The van der Waals surface area contributed by atoms with Gasteiger partial charge in [-0.25, -0.2) is 98.4 Å². The van der Waals surface area contributed by atoms with Crippen LogP contribution in [-0.2, 0) is 0 Å². The van der Waals surface area contributed by atoms with Crippen LogP contribution in [-0.4, -0.2) is 39.5 Å². The number of nitrogens with one attached hydrogen (secondary N) is 2. The number of aromatic nitrogens is 8. The van der Waals surface area contributed by atoms with Gasteiger partial charge in [0, 0.05) is 69.1 Å². The molecule has 0 atom stereocenters. The number of fused-ring (bicyclic) bond motifs is 8. The highest BCUT2D eigenvalue weighted by atomic mass is 19.2. The third-order valence-corrected chi connectivity index (χ3v) is 12.1. The van der Waals surface area contributed by atoms with E-state index in [0.29, 0.717) is 33.6 Å². The number of hydrogen-bond acceptors (Lipinski definition) is 4. The third kappa shape index (κ3) is 7.05. The Hall–Kier alpha value is -9.36. The smallest absolute Gasteiger partial charge is 0.200 e. The molecule has 76 heavy (non-hydrogen) atoms. The minimum atomic E-state index is -2.68. The molecule has 2 N–H and O–H groups in total. The van der Waals surface area contributed by atoms with Crippen molar-refractivity contribution in [1.29, 1.82) is 0 Å². The molecule has 0 saturated heterocycles. The topological polar surface area (TPSA) is 93.0 Å². The molecule has 2 aliphatic rings. The van der Waals surface area contributed by atoms with Gasteiger partial charge in [0.05, 0.1) is 45.0 Å². The average Bonchev–Trinajstić information content (AvgIpc) is 4.27. The van der Waals surface area contributed by atoms with Crippen LogP contribution in [0, 0.1) is 105 Å². The van der Waals surface area contributed by atoms with Crippen molar-refractivity contribution < 1.29 is 79.0 Å². The van der Waals surface area contributed by atoms with E-state index < -0.39 is 205 Å². The van der Waals surface area contributed by atoms with Crippen LogP contribution in [0.5, 0.6) is 0 Å².